The van der Waals surface area contributed by atoms with Gasteiger partial charge in [-0.25, -0.2) is 0 Å². The SMILES string of the molecule is CC(C)=C/C=C1\CCC(=O)OC1. The van der Waals surface area contributed by atoms with Gasteiger partial charge in [0.05, 0.1) is 0 Å². The van der Waals surface area contributed by atoms with Crippen molar-refractivity contribution in [1.82, 2.24) is 0 Å². The molecule has 0 aromatic carbocycles. The first kappa shape index (κ1) is 9.04. The Bertz CT molecular complexity index is 220. The molecule has 0 unspecified atom stereocenters. The lowest BCUT2D eigenvalue weighted by Crippen LogP contribution is -2.14. The Morgan fingerprint density at radius 3 is 2.67 bits per heavy atom. The van der Waals surface area contributed by atoms with Gasteiger partial charge in [-0.05, 0) is 25.8 Å². The summed E-state index contributed by atoms with van der Waals surface area (Å²) in [6, 6.07) is 0. The summed E-state index contributed by atoms with van der Waals surface area (Å²) in [6.45, 7) is 4.57. The topological polar surface area (TPSA) is 26.3 Å². The van der Waals surface area contributed by atoms with Crippen LogP contribution in [0, 0.1) is 0 Å². The minimum atomic E-state index is -0.0793. The maximum absolute atomic E-state index is 10.7. The lowest BCUT2D eigenvalue weighted by Gasteiger charge is -2.13. The van der Waals surface area contributed by atoms with Crippen LogP contribution < -0.4 is 0 Å². The average molecular weight is 166 g/mol. The van der Waals surface area contributed by atoms with E-state index < -0.39 is 0 Å². The zero-order valence-electron chi connectivity index (χ0n) is 7.59. The third-order valence-electron chi connectivity index (χ3n) is 1.72. The van der Waals surface area contributed by atoms with Crippen LogP contribution in [0.1, 0.15) is 26.7 Å². The number of carbonyl (C=O) groups excluding carboxylic acids is 1. The van der Waals surface area contributed by atoms with E-state index in [0.717, 1.165) is 6.42 Å². The zero-order valence-corrected chi connectivity index (χ0v) is 7.59. The van der Waals surface area contributed by atoms with Crippen molar-refractivity contribution in [3.8, 4) is 0 Å². The molecule has 2 heteroatoms. The van der Waals surface area contributed by atoms with E-state index in [4.69, 9.17) is 4.74 Å². The summed E-state index contributed by atoms with van der Waals surface area (Å²) in [6.07, 6.45) is 5.47. The van der Waals surface area contributed by atoms with Crippen LogP contribution in [-0.2, 0) is 9.53 Å². The predicted molar refractivity (Wildman–Crippen MR) is 47.7 cm³/mol. The summed E-state index contributed by atoms with van der Waals surface area (Å²) in [5.41, 5.74) is 2.47. The van der Waals surface area contributed by atoms with E-state index in [-0.39, 0.29) is 5.97 Å². The van der Waals surface area contributed by atoms with E-state index in [2.05, 4.69) is 6.08 Å². The summed E-state index contributed by atoms with van der Waals surface area (Å²) in [5, 5.41) is 0. The Labute approximate surface area is 72.9 Å². The van der Waals surface area contributed by atoms with E-state index >= 15 is 0 Å². The molecule has 1 rings (SSSR count). The smallest absolute Gasteiger partial charge is 0.306 e. The molecule has 66 valence electrons. The van der Waals surface area contributed by atoms with Gasteiger partial charge < -0.3 is 4.74 Å². The molecule has 12 heavy (non-hydrogen) atoms. The summed E-state index contributed by atoms with van der Waals surface area (Å²) >= 11 is 0. The number of carbonyl (C=O) groups is 1. The van der Waals surface area contributed by atoms with Gasteiger partial charge in [0.15, 0.2) is 0 Å². The van der Waals surface area contributed by atoms with Crippen LogP contribution in [0.2, 0.25) is 0 Å². The molecule has 1 aliphatic rings. The first-order valence-electron chi connectivity index (χ1n) is 4.17. The van der Waals surface area contributed by atoms with Gasteiger partial charge in [-0.1, -0.05) is 17.7 Å². The molecule has 0 amide bonds. The van der Waals surface area contributed by atoms with E-state index in [1.165, 1.54) is 11.1 Å². The van der Waals surface area contributed by atoms with Gasteiger partial charge in [-0.3, -0.25) is 4.79 Å². The molecule has 0 radical (unpaired) electrons. The lowest BCUT2D eigenvalue weighted by atomic mass is 10.1. The highest BCUT2D eigenvalue weighted by Gasteiger charge is 2.12. The molecule has 0 saturated carbocycles. The fourth-order valence-electron chi connectivity index (χ4n) is 0.996. The number of hydrogen-bond acceptors (Lipinski definition) is 2. The van der Waals surface area contributed by atoms with Crippen molar-refractivity contribution in [2.45, 2.75) is 26.7 Å². The van der Waals surface area contributed by atoms with Crippen LogP contribution in [-0.4, -0.2) is 12.6 Å². The maximum Gasteiger partial charge on any atom is 0.306 e. The average Bonchev–Trinajstić information content (AvgIpc) is 2.03. The second-order valence-corrected chi connectivity index (χ2v) is 3.23. The predicted octanol–water partition coefficient (Wildman–Crippen LogP) is 2.22. The van der Waals surface area contributed by atoms with Crippen molar-refractivity contribution in [3.63, 3.8) is 0 Å². The maximum atomic E-state index is 10.7. The van der Waals surface area contributed by atoms with Crippen LogP contribution in [0.15, 0.2) is 23.3 Å². The van der Waals surface area contributed by atoms with Crippen molar-refractivity contribution in [2.75, 3.05) is 6.61 Å². The number of hydrogen-bond donors (Lipinski definition) is 0. The van der Waals surface area contributed by atoms with Gasteiger partial charge in [0.25, 0.3) is 0 Å². The van der Waals surface area contributed by atoms with Crippen molar-refractivity contribution < 1.29 is 9.53 Å². The highest BCUT2D eigenvalue weighted by atomic mass is 16.5. The van der Waals surface area contributed by atoms with Gasteiger partial charge in [-0.15, -0.1) is 0 Å². The van der Waals surface area contributed by atoms with E-state index in [1.807, 2.05) is 19.9 Å². The number of cyclic esters (lactones) is 1. The Morgan fingerprint density at radius 1 is 1.42 bits per heavy atom. The summed E-state index contributed by atoms with van der Waals surface area (Å²) in [4.78, 5) is 10.7. The minimum Gasteiger partial charge on any atom is -0.461 e. The van der Waals surface area contributed by atoms with Crippen molar-refractivity contribution in [1.29, 1.82) is 0 Å². The fourth-order valence-corrected chi connectivity index (χ4v) is 0.996. The summed E-state index contributed by atoms with van der Waals surface area (Å²) in [7, 11) is 0. The Kier molecular flexibility index (Phi) is 3.09. The number of esters is 1. The molecular weight excluding hydrogens is 152 g/mol. The number of ether oxygens (including phenoxy) is 1. The molecule has 0 atom stereocenters. The normalized spacial score (nSPS) is 20.5. The van der Waals surface area contributed by atoms with E-state index in [1.54, 1.807) is 0 Å². The second-order valence-electron chi connectivity index (χ2n) is 3.23. The Hall–Kier alpha value is -1.05. The lowest BCUT2D eigenvalue weighted by molar-refractivity contribution is -0.144. The Balaban J connectivity index is 2.49. The first-order valence-corrected chi connectivity index (χ1v) is 4.17. The molecule has 0 bridgehead atoms. The first-order chi connectivity index (χ1) is 5.68. The number of allylic oxidation sites excluding steroid dienone is 3. The zero-order chi connectivity index (χ0) is 8.97. The molecule has 1 fully saturated rings. The molecule has 0 N–H and O–H groups in total. The molecule has 0 aliphatic carbocycles. The monoisotopic (exact) mass is 166 g/mol. The molecule has 1 aliphatic heterocycles. The Morgan fingerprint density at radius 2 is 2.17 bits per heavy atom. The van der Waals surface area contributed by atoms with Gasteiger partial charge in [-0.2, -0.15) is 0 Å². The largest absolute Gasteiger partial charge is 0.461 e. The van der Waals surface area contributed by atoms with Crippen molar-refractivity contribution in [2.24, 2.45) is 0 Å². The van der Waals surface area contributed by atoms with Crippen LogP contribution in [0.25, 0.3) is 0 Å². The van der Waals surface area contributed by atoms with E-state index in [0.29, 0.717) is 13.0 Å². The fraction of sp³-hybridized carbons (Fsp3) is 0.500. The third-order valence-corrected chi connectivity index (χ3v) is 1.72. The van der Waals surface area contributed by atoms with Crippen LogP contribution in [0.4, 0.5) is 0 Å². The van der Waals surface area contributed by atoms with Gasteiger partial charge >= 0.3 is 5.97 Å². The van der Waals surface area contributed by atoms with Gasteiger partial charge in [0.2, 0.25) is 0 Å². The molecule has 1 saturated heterocycles. The third kappa shape index (κ3) is 2.91. The second kappa shape index (κ2) is 4.10. The highest BCUT2D eigenvalue weighted by molar-refractivity contribution is 5.71. The molecule has 1 heterocycles. The van der Waals surface area contributed by atoms with Crippen LogP contribution in [0.3, 0.4) is 0 Å². The van der Waals surface area contributed by atoms with Crippen molar-refractivity contribution in [3.05, 3.63) is 23.3 Å². The standard InChI is InChI=1S/C10H14O2/c1-8(2)3-4-9-5-6-10(11)12-7-9/h3-4H,5-7H2,1-2H3/b9-4+. The van der Waals surface area contributed by atoms with Crippen LogP contribution in [0.5, 0.6) is 0 Å². The number of rotatable bonds is 1. The summed E-state index contributed by atoms with van der Waals surface area (Å²) < 4.78 is 4.89. The van der Waals surface area contributed by atoms with E-state index in [9.17, 15) is 4.79 Å². The minimum absolute atomic E-state index is 0.0793. The molecule has 0 aromatic rings. The molecular formula is C10H14O2. The van der Waals surface area contributed by atoms with Gasteiger partial charge in [0, 0.05) is 6.42 Å². The van der Waals surface area contributed by atoms with Crippen LogP contribution >= 0.6 is 0 Å². The quantitative estimate of drug-likeness (QED) is 0.558. The highest BCUT2D eigenvalue weighted by Crippen LogP contribution is 2.13. The molecule has 0 aromatic heterocycles. The van der Waals surface area contributed by atoms with Gasteiger partial charge in [0.1, 0.15) is 6.61 Å². The molecule has 2 nitrogen and oxygen atoms in total. The van der Waals surface area contributed by atoms with Crippen molar-refractivity contribution >= 4 is 5.97 Å². The molecule has 0 spiro atoms. The summed E-state index contributed by atoms with van der Waals surface area (Å²) in [5.74, 6) is -0.0793.